The molecule has 0 atom stereocenters. The molecule has 0 aliphatic heterocycles. The van der Waals surface area contributed by atoms with Crippen LogP contribution < -0.4 is 0 Å². The van der Waals surface area contributed by atoms with Gasteiger partial charge in [0.05, 0.1) is 5.02 Å². The number of benzene rings is 1. The Balaban J connectivity index is 2.86. The highest BCUT2D eigenvalue weighted by atomic mass is 35.5. The zero-order valence-corrected chi connectivity index (χ0v) is 7.24. The molecule has 0 amide bonds. The Labute approximate surface area is 76.4 Å². The third-order valence-corrected chi connectivity index (χ3v) is 1.86. The first-order valence-electron chi connectivity index (χ1n) is 3.62. The summed E-state index contributed by atoms with van der Waals surface area (Å²) in [4.78, 5) is 0. The molecular formula is C10H8ClF. The fraction of sp³-hybridized carbons (Fsp3) is 0.200. The molecule has 0 aliphatic carbocycles. The standard InChI is InChI=1S/C10H8ClF/c1-2-3-5-8-6-4-7-9(11)10(8)12/h1,4,6-7H,3,5H2. The predicted octanol–water partition coefficient (Wildman–Crippen LogP) is 3.04. The average Bonchev–Trinajstić information content (AvgIpc) is 2.08. The van der Waals surface area contributed by atoms with E-state index in [0.29, 0.717) is 18.4 Å². The Morgan fingerprint density at radius 2 is 2.25 bits per heavy atom. The molecule has 0 unspecified atom stereocenters. The SMILES string of the molecule is C#CCCc1cccc(Cl)c1F. The van der Waals surface area contributed by atoms with Gasteiger partial charge in [0, 0.05) is 6.42 Å². The molecule has 0 radical (unpaired) electrons. The third kappa shape index (κ3) is 1.99. The van der Waals surface area contributed by atoms with Crippen LogP contribution in [0.1, 0.15) is 12.0 Å². The van der Waals surface area contributed by atoms with Crippen molar-refractivity contribution in [3.05, 3.63) is 34.6 Å². The van der Waals surface area contributed by atoms with Crippen LogP contribution in [0.2, 0.25) is 5.02 Å². The summed E-state index contributed by atoms with van der Waals surface area (Å²) in [6, 6.07) is 4.94. The molecule has 0 aromatic heterocycles. The van der Waals surface area contributed by atoms with Gasteiger partial charge in [0.2, 0.25) is 0 Å². The van der Waals surface area contributed by atoms with Gasteiger partial charge in [0.15, 0.2) is 0 Å². The number of hydrogen-bond donors (Lipinski definition) is 0. The second kappa shape index (κ2) is 4.13. The zero-order valence-electron chi connectivity index (χ0n) is 6.48. The normalized spacial score (nSPS) is 9.42. The van der Waals surface area contributed by atoms with Gasteiger partial charge in [-0.05, 0) is 18.1 Å². The summed E-state index contributed by atoms with van der Waals surface area (Å²) >= 11 is 5.57. The summed E-state index contributed by atoms with van der Waals surface area (Å²) in [6.45, 7) is 0. The highest BCUT2D eigenvalue weighted by Gasteiger charge is 2.04. The van der Waals surface area contributed by atoms with Crippen LogP contribution in [0.15, 0.2) is 18.2 Å². The van der Waals surface area contributed by atoms with E-state index in [-0.39, 0.29) is 10.8 Å². The summed E-state index contributed by atoms with van der Waals surface area (Å²) < 4.78 is 13.1. The highest BCUT2D eigenvalue weighted by Crippen LogP contribution is 2.18. The molecule has 0 spiro atoms. The van der Waals surface area contributed by atoms with Crippen LogP contribution in [0.3, 0.4) is 0 Å². The molecule has 12 heavy (non-hydrogen) atoms. The summed E-state index contributed by atoms with van der Waals surface area (Å²) in [5, 5.41) is 0.157. The van der Waals surface area contributed by atoms with Crippen molar-refractivity contribution >= 4 is 11.6 Å². The van der Waals surface area contributed by atoms with Gasteiger partial charge in [0.25, 0.3) is 0 Å². The van der Waals surface area contributed by atoms with Crippen molar-refractivity contribution in [2.45, 2.75) is 12.8 Å². The van der Waals surface area contributed by atoms with Gasteiger partial charge in [0.1, 0.15) is 5.82 Å². The van der Waals surface area contributed by atoms with Crippen molar-refractivity contribution in [3.8, 4) is 12.3 Å². The number of aryl methyl sites for hydroxylation is 1. The Morgan fingerprint density at radius 3 is 2.92 bits per heavy atom. The van der Waals surface area contributed by atoms with E-state index in [4.69, 9.17) is 18.0 Å². The molecule has 62 valence electrons. The van der Waals surface area contributed by atoms with Gasteiger partial charge < -0.3 is 0 Å². The second-order valence-corrected chi connectivity index (χ2v) is 2.82. The number of rotatable bonds is 2. The predicted molar refractivity (Wildman–Crippen MR) is 48.6 cm³/mol. The molecule has 0 fully saturated rings. The first-order chi connectivity index (χ1) is 5.75. The second-order valence-electron chi connectivity index (χ2n) is 2.42. The lowest BCUT2D eigenvalue weighted by molar-refractivity contribution is 0.610. The van der Waals surface area contributed by atoms with Gasteiger partial charge in [-0.2, -0.15) is 0 Å². The van der Waals surface area contributed by atoms with Crippen molar-refractivity contribution in [1.82, 2.24) is 0 Å². The van der Waals surface area contributed by atoms with E-state index >= 15 is 0 Å². The Kier molecular flexibility index (Phi) is 3.13. The number of hydrogen-bond acceptors (Lipinski definition) is 0. The van der Waals surface area contributed by atoms with E-state index in [0.717, 1.165) is 0 Å². The van der Waals surface area contributed by atoms with Crippen molar-refractivity contribution in [2.75, 3.05) is 0 Å². The number of terminal acetylenes is 1. The maximum atomic E-state index is 13.1. The van der Waals surface area contributed by atoms with Gasteiger partial charge in [-0.25, -0.2) is 4.39 Å². The molecule has 1 rings (SSSR count). The molecule has 0 bridgehead atoms. The van der Waals surface area contributed by atoms with Gasteiger partial charge in [-0.15, -0.1) is 12.3 Å². The third-order valence-electron chi connectivity index (χ3n) is 1.57. The van der Waals surface area contributed by atoms with Crippen molar-refractivity contribution in [3.63, 3.8) is 0 Å². The quantitative estimate of drug-likeness (QED) is 0.617. The Hall–Kier alpha value is -1.00. The molecule has 0 nitrogen and oxygen atoms in total. The minimum atomic E-state index is -0.352. The summed E-state index contributed by atoms with van der Waals surface area (Å²) in [6.07, 6.45) is 6.14. The Morgan fingerprint density at radius 1 is 1.50 bits per heavy atom. The molecule has 2 heteroatoms. The summed E-state index contributed by atoms with van der Waals surface area (Å²) in [5.74, 6) is 2.10. The fourth-order valence-electron chi connectivity index (χ4n) is 0.948. The van der Waals surface area contributed by atoms with Crippen LogP contribution in [0, 0.1) is 18.2 Å². The van der Waals surface area contributed by atoms with Crippen LogP contribution in [0.4, 0.5) is 4.39 Å². The van der Waals surface area contributed by atoms with Crippen molar-refractivity contribution in [2.24, 2.45) is 0 Å². The van der Waals surface area contributed by atoms with Gasteiger partial charge in [-0.1, -0.05) is 23.7 Å². The van der Waals surface area contributed by atoms with E-state index < -0.39 is 0 Å². The van der Waals surface area contributed by atoms with Crippen LogP contribution in [0.25, 0.3) is 0 Å². The monoisotopic (exact) mass is 182 g/mol. The molecule has 0 saturated carbocycles. The molecule has 0 N–H and O–H groups in total. The largest absolute Gasteiger partial charge is 0.205 e. The Bertz CT molecular complexity index is 312. The van der Waals surface area contributed by atoms with E-state index in [1.165, 1.54) is 6.07 Å². The van der Waals surface area contributed by atoms with Crippen LogP contribution >= 0.6 is 11.6 Å². The van der Waals surface area contributed by atoms with Crippen LogP contribution in [-0.2, 0) is 6.42 Å². The van der Waals surface area contributed by atoms with Crippen LogP contribution in [0.5, 0.6) is 0 Å². The average molecular weight is 183 g/mol. The van der Waals surface area contributed by atoms with Gasteiger partial charge in [-0.3, -0.25) is 0 Å². The van der Waals surface area contributed by atoms with E-state index in [1.807, 2.05) is 0 Å². The van der Waals surface area contributed by atoms with Gasteiger partial charge >= 0.3 is 0 Å². The molecule has 1 aromatic carbocycles. The molecule has 0 saturated heterocycles. The lowest BCUT2D eigenvalue weighted by atomic mass is 10.1. The van der Waals surface area contributed by atoms with E-state index in [9.17, 15) is 4.39 Å². The highest BCUT2D eigenvalue weighted by molar-refractivity contribution is 6.30. The minimum absolute atomic E-state index is 0.157. The maximum Gasteiger partial charge on any atom is 0.145 e. The fourth-order valence-corrected chi connectivity index (χ4v) is 1.14. The summed E-state index contributed by atoms with van der Waals surface area (Å²) in [7, 11) is 0. The van der Waals surface area contributed by atoms with E-state index in [1.54, 1.807) is 12.1 Å². The first-order valence-corrected chi connectivity index (χ1v) is 4.00. The topological polar surface area (TPSA) is 0 Å². The molecule has 1 aromatic rings. The van der Waals surface area contributed by atoms with E-state index in [2.05, 4.69) is 5.92 Å². The maximum absolute atomic E-state index is 13.1. The molecule has 0 aliphatic rings. The smallest absolute Gasteiger partial charge is 0.145 e. The molecule has 0 heterocycles. The first kappa shape index (κ1) is 9.09. The van der Waals surface area contributed by atoms with Crippen molar-refractivity contribution in [1.29, 1.82) is 0 Å². The minimum Gasteiger partial charge on any atom is -0.205 e. The van der Waals surface area contributed by atoms with Crippen LogP contribution in [-0.4, -0.2) is 0 Å². The number of halogens is 2. The lowest BCUT2D eigenvalue weighted by Gasteiger charge is -2.00. The summed E-state index contributed by atoms with van der Waals surface area (Å²) in [5.41, 5.74) is 0.584. The zero-order chi connectivity index (χ0) is 8.97. The molecular weight excluding hydrogens is 175 g/mol. The lowest BCUT2D eigenvalue weighted by Crippen LogP contribution is -1.89. The van der Waals surface area contributed by atoms with Crippen molar-refractivity contribution < 1.29 is 4.39 Å².